The van der Waals surface area contributed by atoms with E-state index >= 15 is 0 Å². The molecule has 4 rings (SSSR count). The van der Waals surface area contributed by atoms with E-state index in [4.69, 9.17) is 4.74 Å². The van der Waals surface area contributed by atoms with E-state index < -0.39 is 0 Å². The normalized spacial score (nSPS) is 16.7. The summed E-state index contributed by atoms with van der Waals surface area (Å²) in [6, 6.07) is 19.9. The molecule has 1 aromatic heterocycles. The number of hydrogen-bond acceptors (Lipinski definition) is 4. The molecule has 0 radical (unpaired) electrons. The van der Waals surface area contributed by atoms with Crippen LogP contribution in [0.2, 0.25) is 0 Å². The fourth-order valence-electron chi connectivity index (χ4n) is 3.45. The lowest BCUT2D eigenvalue weighted by atomic mass is 10.1. The number of rotatable bonds is 5. The number of hydrogen-bond donors (Lipinski definition) is 2. The van der Waals surface area contributed by atoms with Crippen LogP contribution < -0.4 is 10.1 Å². The minimum absolute atomic E-state index is 0.0116. The Hall–Kier alpha value is -3.12. The van der Waals surface area contributed by atoms with Gasteiger partial charge >= 0.3 is 0 Å². The summed E-state index contributed by atoms with van der Waals surface area (Å²) in [4.78, 5) is 14.6. The summed E-state index contributed by atoms with van der Waals surface area (Å²) < 4.78 is 5.96. The Bertz CT molecular complexity index is 938. The Morgan fingerprint density at radius 2 is 2.00 bits per heavy atom. The summed E-state index contributed by atoms with van der Waals surface area (Å²) >= 11 is 0. The van der Waals surface area contributed by atoms with Crippen molar-refractivity contribution in [1.29, 1.82) is 0 Å². The Morgan fingerprint density at radius 1 is 1.21 bits per heavy atom. The summed E-state index contributed by atoms with van der Waals surface area (Å²) in [7, 11) is 0. The van der Waals surface area contributed by atoms with Crippen molar-refractivity contribution in [1.82, 2.24) is 20.4 Å². The number of carbonyl (C=O) groups is 1. The Kier molecular flexibility index (Phi) is 5.39. The van der Waals surface area contributed by atoms with Gasteiger partial charge in [0.05, 0.1) is 24.5 Å². The number of aromatic amines is 1. The molecule has 0 aliphatic carbocycles. The number of H-pyrrole nitrogens is 1. The molecular formula is C22H24N4O2. The summed E-state index contributed by atoms with van der Waals surface area (Å²) in [5.41, 5.74) is 3.92. The first-order chi connectivity index (χ1) is 13.7. The molecule has 2 aromatic carbocycles. The van der Waals surface area contributed by atoms with Crippen molar-refractivity contribution in [2.24, 2.45) is 0 Å². The van der Waals surface area contributed by atoms with Gasteiger partial charge in [-0.1, -0.05) is 48.5 Å². The predicted molar refractivity (Wildman–Crippen MR) is 108 cm³/mol. The van der Waals surface area contributed by atoms with E-state index in [0.29, 0.717) is 26.2 Å². The monoisotopic (exact) mass is 376 g/mol. The van der Waals surface area contributed by atoms with Gasteiger partial charge in [-0.3, -0.25) is 14.8 Å². The van der Waals surface area contributed by atoms with Crippen LogP contribution in [-0.2, 0) is 17.9 Å². The lowest BCUT2D eigenvalue weighted by Gasteiger charge is -2.21. The second-order valence-electron chi connectivity index (χ2n) is 7.13. The molecule has 1 amide bonds. The average molecular weight is 376 g/mol. The van der Waals surface area contributed by atoms with Gasteiger partial charge in [0.15, 0.2) is 0 Å². The SMILES string of the molecule is CC1CN(CC(=O)NCc2cc(-c3ccccc3)n[nH]2)Cc2ccccc2O1. The van der Waals surface area contributed by atoms with Crippen molar-refractivity contribution < 1.29 is 9.53 Å². The zero-order chi connectivity index (χ0) is 19.3. The lowest BCUT2D eigenvalue weighted by Crippen LogP contribution is -2.39. The van der Waals surface area contributed by atoms with Crippen molar-refractivity contribution >= 4 is 5.91 Å². The van der Waals surface area contributed by atoms with Gasteiger partial charge in [0.25, 0.3) is 0 Å². The molecule has 0 saturated carbocycles. The third kappa shape index (κ3) is 4.40. The highest BCUT2D eigenvalue weighted by Gasteiger charge is 2.21. The van der Waals surface area contributed by atoms with Crippen LogP contribution in [0.15, 0.2) is 60.7 Å². The molecule has 1 unspecified atom stereocenters. The Labute approximate surface area is 164 Å². The van der Waals surface area contributed by atoms with E-state index in [-0.39, 0.29) is 12.0 Å². The molecule has 0 saturated heterocycles. The second kappa shape index (κ2) is 8.27. The van der Waals surface area contributed by atoms with Crippen LogP contribution in [0, 0.1) is 0 Å². The van der Waals surface area contributed by atoms with E-state index in [1.165, 1.54) is 0 Å². The van der Waals surface area contributed by atoms with Gasteiger partial charge in [-0.25, -0.2) is 0 Å². The van der Waals surface area contributed by atoms with Crippen molar-refractivity contribution in [3.63, 3.8) is 0 Å². The number of amides is 1. The second-order valence-corrected chi connectivity index (χ2v) is 7.13. The molecule has 6 nitrogen and oxygen atoms in total. The van der Waals surface area contributed by atoms with E-state index in [2.05, 4.69) is 20.4 Å². The van der Waals surface area contributed by atoms with Crippen molar-refractivity contribution in [3.05, 3.63) is 71.9 Å². The summed E-state index contributed by atoms with van der Waals surface area (Å²) in [6.45, 7) is 4.21. The molecule has 3 aromatic rings. The molecule has 0 bridgehead atoms. The maximum absolute atomic E-state index is 12.5. The van der Waals surface area contributed by atoms with Crippen LogP contribution in [0.3, 0.4) is 0 Å². The van der Waals surface area contributed by atoms with E-state index in [1.807, 2.05) is 67.6 Å². The first-order valence-electron chi connectivity index (χ1n) is 9.51. The number of fused-ring (bicyclic) bond motifs is 1. The third-order valence-electron chi connectivity index (χ3n) is 4.75. The zero-order valence-corrected chi connectivity index (χ0v) is 15.9. The highest BCUT2D eigenvalue weighted by atomic mass is 16.5. The number of benzene rings is 2. The Morgan fingerprint density at radius 3 is 2.86 bits per heavy atom. The highest BCUT2D eigenvalue weighted by molar-refractivity contribution is 5.78. The minimum Gasteiger partial charge on any atom is -0.489 e. The third-order valence-corrected chi connectivity index (χ3v) is 4.75. The van der Waals surface area contributed by atoms with Crippen LogP contribution in [0.5, 0.6) is 5.75 Å². The first kappa shape index (κ1) is 18.3. The molecule has 1 atom stereocenters. The molecular weight excluding hydrogens is 352 g/mol. The number of nitrogens with one attached hydrogen (secondary N) is 2. The zero-order valence-electron chi connectivity index (χ0n) is 15.9. The van der Waals surface area contributed by atoms with E-state index in [0.717, 1.165) is 28.3 Å². The van der Waals surface area contributed by atoms with Gasteiger partial charge in [-0.05, 0) is 19.1 Å². The van der Waals surface area contributed by atoms with Gasteiger partial charge in [0, 0.05) is 24.2 Å². The smallest absolute Gasteiger partial charge is 0.234 e. The molecule has 2 N–H and O–H groups in total. The molecule has 28 heavy (non-hydrogen) atoms. The van der Waals surface area contributed by atoms with Crippen LogP contribution in [0.25, 0.3) is 11.3 Å². The number of carbonyl (C=O) groups excluding carboxylic acids is 1. The number of aromatic nitrogens is 2. The fourth-order valence-corrected chi connectivity index (χ4v) is 3.45. The molecule has 2 heterocycles. The summed E-state index contributed by atoms with van der Waals surface area (Å²) in [5.74, 6) is 0.895. The van der Waals surface area contributed by atoms with Crippen LogP contribution in [0.1, 0.15) is 18.2 Å². The molecule has 0 spiro atoms. The predicted octanol–water partition coefficient (Wildman–Crippen LogP) is 2.98. The number of nitrogens with zero attached hydrogens (tertiary/aromatic N) is 2. The number of para-hydroxylation sites is 1. The maximum atomic E-state index is 12.5. The van der Waals surface area contributed by atoms with Gasteiger partial charge in [0.2, 0.25) is 5.91 Å². The van der Waals surface area contributed by atoms with E-state index in [1.54, 1.807) is 0 Å². The first-order valence-corrected chi connectivity index (χ1v) is 9.51. The van der Waals surface area contributed by atoms with Gasteiger partial charge in [-0.15, -0.1) is 0 Å². The van der Waals surface area contributed by atoms with Crippen molar-refractivity contribution in [2.45, 2.75) is 26.1 Å². The molecule has 1 aliphatic heterocycles. The molecule has 6 heteroatoms. The van der Waals surface area contributed by atoms with E-state index in [9.17, 15) is 4.79 Å². The number of ether oxygens (including phenoxy) is 1. The fraction of sp³-hybridized carbons (Fsp3) is 0.273. The largest absolute Gasteiger partial charge is 0.489 e. The van der Waals surface area contributed by atoms with Gasteiger partial charge in [-0.2, -0.15) is 5.10 Å². The molecule has 1 aliphatic rings. The molecule has 144 valence electrons. The Balaban J connectivity index is 1.33. The van der Waals surface area contributed by atoms with Gasteiger partial charge in [0.1, 0.15) is 11.9 Å². The van der Waals surface area contributed by atoms with Crippen molar-refractivity contribution in [3.8, 4) is 17.0 Å². The minimum atomic E-state index is -0.0116. The lowest BCUT2D eigenvalue weighted by molar-refractivity contribution is -0.122. The van der Waals surface area contributed by atoms with Crippen LogP contribution in [-0.4, -0.2) is 40.2 Å². The quantitative estimate of drug-likeness (QED) is 0.718. The standard InChI is InChI=1S/C22H24N4O2/c1-16-13-26(14-18-9-5-6-10-21(18)28-16)15-22(27)23-12-19-11-20(25-24-19)17-7-3-2-4-8-17/h2-11,16H,12-15H2,1H3,(H,23,27)(H,24,25). The van der Waals surface area contributed by atoms with Crippen LogP contribution >= 0.6 is 0 Å². The van der Waals surface area contributed by atoms with Gasteiger partial charge < -0.3 is 10.1 Å². The maximum Gasteiger partial charge on any atom is 0.234 e. The summed E-state index contributed by atoms with van der Waals surface area (Å²) in [6.07, 6.45) is 0.0393. The highest BCUT2D eigenvalue weighted by Crippen LogP contribution is 2.24. The molecule has 0 fully saturated rings. The summed E-state index contributed by atoms with van der Waals surface area (Å²) in [5, 5.41) is 10.3. The van der Waals surface area contributed by atoms with Crippen LogP contribution in [0.4, 0.5) is 0 Å². The van der Waals surface area contributed by atoms with Crippen molar-refractivity contribution in [2.75, 3.05) is 13.1 Å². The average Bonchev–Trinajstić information content (AvgIpc) is 3.11. The topological polar surface area (TPSA) is 70.2 Å².